The van der Waals surface area contributed by atoms with Crippen LogP contribution in [0.15, 0.2) is 77.7 Å². The number of rotatable bonds is 4. The second-order valence-electron chi connectivity index (χ2n) is 6.51. The molecule has 2 radical (unpaired) electrons. The zero-order valence-corrected chi connectivity index (χ0v) is 18.6. The molecule has 7 nitrogen and oxygen atoms in total. The Bertz CT molecular complexity index is 915. The van der Waals surface area contributed by atoms with E-state index in [1.165, 1.54) is 24.0 Å². The molecule has 4 N–H and O–H groups in total. The molecule has 3 aromatic rings. The molecule has 1 saturated heterocycles. The van der Waals surface area contributed by atoms with Crippen molar-refractivity contribution in [2.75, 3.05) is 12.3 Å². The van der Waals surface area contributed by atoms with E-state index in [4.69, 9.17) is 15.6 Å². The summed E-state index contributed by atoms with van der Waals surface area (Å²) < 4.78 is 9.64. The summed E-state index contributed by atoms with van der Waals surface area (Å²) in [5.74, 6) is 0.138. The second-order valence-corrected chi connectivity index (χ2v) is 10.5. The van der Waals surface area contributed by atoms with Crippen molar-refractivity contribution >= 4 is 34.1 Å². The first-order valence-electron chi connectivity index (χ1n) is 9.23. The van der Waals surface area contributed by atoms with Gasteiger partial charge in [-0.15, -0.1) is 0 Å². The minimum atomic E-state index is -0.778. The molecule has 3 atom stereocenters. The van der Waals surface area contributed by atoms with E-state index in [0.29, 0.717) is 0 Å². The molecular formula is C21H23N3O4Sn. The summed E-state index contributed by atoms with van der Waals surface area (Å²) >= 11 is -0.517. The molecule has 8 heteroatoms. The molecular weight excluding hydrogens is 477 g/mol. The van der Waals surface area contributed by atoms with E-state index in [1.54, 1.807) is 0 Å². The number of anilines is 1. The predicted molar refractivity (Wildman–Crippen MR) is 112 cm³/mol. The molecule has 1 aromatic heterocycles. The van der Waals surface area contributed by atoms with Crippen molar-refractivity contribution in [2.24, 2.45) is 0 Å². The Labute approximate surface area is 179 Å². The van der Waals surface area contributed by atoms with E-state index in [1.807, 2.05) is 0 Å². The van der Waals surface area contributed by atoms with E-state index in [-0.39, 0.29) is 18.8 Å². The average molecular weight is 500 g/mol. The van der Waals surface area contributed by atoms with Gasteiger partial charge in [-0.1, -0.05) is 0 Å². The number of benzene rings is 2. The van der Waals surface area contributed by atoms with Gasteiger partial charge < -0.3 is 20.7 Å². The second kappa shape index (κ2) is 10.5. The zero-order valence-electron chi connectivity index (χ0n) is 15.8. The van der Waals surface area contributed by atoms with Crippen LogP contribution >= 0.6 is 0 Å². The van der Waals surface area contributed by atoms with Crippen LogP contribution in [-0.4, -0.2) is 59.7 Å². The fraction of sp³-hybridized carbons (Fsp3) is 0.238. The molecule has 150 valence electrons. The molecule has 29 heavy (non-hydrogen) atoms. The summed E-state index contributed by atoms with van der Waals surface area (Å²) in [4.78, 5) is 15.0. The van der Waals surface area contributed by atoms with Crippen molar-refractivity contribution in [3.8, 4) is 0 Å². The number of aliphatic hydroxyl groups excluding tert-OH is 2. The third kappa shape index (κ3) is 6.14. The van der Waals surface area contributed by atoms with Crippen LogP contribution in [0.2, 0.25) is 0 Å². The number of nitrogen functional groups attached to an aromatic ring is 1. The van der Waals surface area contributed by atoms with E-state index in [2.05, 4.69) is 65.6 Å². The predicted octanol–water partition coefficient (Wildman–Crippen LogP) is -0.192. The van der Waals surface area contributed by atoms with E-state index >= 15 is 0 Å². The monoisotopic (exact) mass is 501 g/mol. The number of hydrogen-bond donors (Lipinski definition) is 3. The van der Waals surface area contributed by atoms with Crippen LogP contribution in [0.4, 0.5) is 5.82 Å². The SMILES string of the molecule is Nc1ccn(C2CC(O)C(CO)O2)c(=O)n1.c1cc[c]([Sn][c]2ccccc2)cc1. The molecule has 1 aliphatic heterocycles. The van der Waals surface area contributed by atoms with Gasteiger partial charge in [-0.3, -0.25) is 4.57 Å². The Kier molecular flexibility index (Phi) is 7.82. The molecule has 1 aliphatic rings. The molecule has 0 aliphatic carbocycles. The molecule has 2 aromatic carbocycles. The molecule has 0 bridgehead atoms. The quantitative estimate of drug-likeness (QED) is 0.429. The van der Waals surface area contributed by atoms with Gasteiger partial charge in [0, 0.05) is 12.6 Å². The van der Waals surface area contributed by atoms with Gasteiger partial charge >= 0.3 is 94.7 Å². The van der Waals surface area contributed by atoms with Gasteiger partial charge in [0.05, 0.1) is 12.7 Å². The van der Waals surface area contributed by atoms with Crippen molar-refractivity contribution in [2.45, 2.75) is 24.9 Å². The molecule has 0 saturated carbocycles. The van der Waals surface area contributed by atoms with Crippen molar-refractivity contribution < 1.29 is 14.9 Å². The molecule has 0 spiro atoms. The van der Waals surface area contributed by atoms with Crippen molar-refractivity contribution in [3.63, 3.8) is 0 Å². The van der Waals surface area contributed by atoms with E-state index in [0.717, 1.165) is 0 Å². The zero-order chi connectivity index (χ0) is 20.6. The summed E-state index contributed by atoms with van der Waals surface area (Å²) in [6, 6.07) is 23.1. The van der Waals surface area contributed by atoms with Gasteiger partial charge in [0.25, 0.3) is 0 Å². The van der Waals surface area contributed by atoms with Crippen molar-refractivity contribution in [1.82, 2.24) is 9.55 Å². The number of nitrogens with zero attached hydrogens (tertiary/aromatic N) is 2. The van der Waals surface area contributed by atoms with Gasteiger partial charge in [0.15, 0.2) is 0 Å². The average Bonchev–Trinajstić information content (AvgIpc) is 3.10. The molecule has 4 rings (SSSR count). The molecule has 1 fully saturated rings. The van der Waals surface area contributed by atoms with Crippen molar-refractivity contribution in [3.05, 3.63) is 83.4 Å². The summed E-state index contributed by atoms with van der Waals surface area (Å²) in [6.45, 7) is -0.283. The topological polar surface area (TPSA) is 111 Å². The maximum absolute atomic E-state index is 11.5. The number of hydrogen-bond acceptors (Lipinski definition) is 6. The van der Waals surface area contributed by atoms with Gasteiger partial charge in [-0.25, -0.2) is 4.79 Å². The Morgan fingerprint density at radius 3 is 2.14 bits per heavy atom. The number of nitrogens with two attached hydrogens (primary N) is 1. The van der Waals surface area contributed by atoms with Gasteiger partial charge in [0.2, 0.25) is 0 Å². The normalized spacial score (nSPS) is 20.7. The fourth-order valence-electron chi connectivity index (χ4n) is 2.90. The Morgan fingerprint density at radius 1 is 1.07 bits per heavy atom. The third-order valence-electron chi connectivity index (χ3n) is 4.38. The van der Waals surface area contributed by atoms with Crippen LogP contribution < -0.4 is 18.6 Å². The van der Waals surface area contributed by atoms with Crippen molar-refractivity contribution in [1.29, 1.82) is 0 Å². The first kappa shape index (κ1) is 21.5. The van der Waals surface area contributed by atoms with Crippen LogP contribution in [0.3, 0.4) is 0 Å². The van der Waals surface area contributed by atoms with Crippen LogP contribution in [0.5, 0.6) is 0 Å². The molecule has 3 unspecified atom stereocenters. The number of aromatic nitrogens is 2. The Hall–Kier alpha value is -2.20. The first-order chi connectivity index (χ1) is 14.1. The summed E-state index contributed by atoms with van der Waals surface area (Å²) in [7, 11) is 0. The summed E-state index contributed by atoms with van der Waals surface area (Å²) in [6.07, 6.45) is -0.333. The fourth-order valence-corrected chi connectivity index (χ4v) is 5.91. The van der Waals surface area contributed by atoms with Gasteiger partial charge in [0.1, 0.15) is 18.1 Å². The van der Waals surface area contributed by atoms with E-state index < -0.39 is 45.3 Å². The third-order valence-corrected chi connectivity index (χ3v) is 7.93. The standard InChI is InChI=1S/C9H13N3O4.2C6H5.Sn/c10-7-1-2-12(9(15)11-7)8-3-5(14)6(4-13)16-8;2*1-2-4-6-5-3-1;/h1-2,5-6,8,13-14H,3-4H2,(H2,10,11,15);2*1-5H;. The molecule has 2 heterocycles. The summed E-state index contributed by atoms with van der Waals surface area (Å²) in [5, 5.41) is 18.4. The van der Waals surface area contributed by atoms with Crippen LogP contribution in [0, 0.1) is 0 Å². The summed E-state index contributed by atoms with van der Waals surface area (Å²) in [5.41, 5.74) is 4.82. The Morgan fingerprint density at radius 2 is 1.66 bits per heavy atom. The molecule has 0 amide bonds. The van der Waals surface area contributed by atoms with Crippen LogP contribution in [-0.2, 0) is 4.74 Å². The number of ether oxygens (including phenoxy) is 1. The van der Waals surface area contributed by atoms with Gasteiger partial charge in [-0.05, 0) is 6.07 Å². The van der Waals surface area contributed by atoms with E-state index in [9.17, 15) is 9.90 Å². The minimum absolute atomic E-state index is 0.138. The van der Waals surface area contributed by atoms with Crippen LogP contribution in [0.1, 0.15) is 12.6 Å². The van der Waals surface area contributed by atoms with Gasteiger partial charge in [-0.2, -0.15) is 4.98 Å². The van der Waals surface area contributed by atoms with Crippen LogP contribution in [0.25, 0.3) is 0 Å². The maximum atomic E-state index is 11.5. The Balaban J connectivity index is 0.000000169. The first-order valence-corrected chi connectivity index (χ1v) is 12.1. The number of aliphatic hydroxyl groups is 2.